The number of imide groups is 1. The standard InChI is InChI=1S/C20H26N4O3S/c1-20(2,3)24-18(26)15-8-4-5-9-16(15)22-13-17(25)23-19(27)21-11-10-14-7-6-12-28-14/h4-9,12,22H,10-11,13H2,1-3H3,(H,24,26)(H2,21,23,25,27). The maximum atomic E-state index is 12.4. The number of nitrogens with one attached hydrogen (secondary N) is 4. The van der Waals surface area contributed by atoms with Crippen LogP contribution in [0, 0.1) is 0 Å². The predicted molar refractivity (Wildman–Crippen MR) is 112 cm³/mol. The van der Waals surface area contributed by atoms with Gasteiger partial charge < -0.3 is 16.0 Å². The Hall–Kier alpha value is -2.87. The first-order valence-electron chi connectivity index (χ1n) is 9.00. The largest absolute Gasteiger partial charge is 0.375 e. The number of hydrogen-bond donors (Lipinski definition) is 4. The summed E-state index contributed by atoms with van der Waals surface area (Å²) >= 11 is 1.62. The molecule has 0 aliphatic carbocycles. The lowest BCUT2D eigenvalue weighted by Crippen LogP contribution is -2.43. The Labute approximate surface area is 168 Å². The molecular formula is C20H26N4O3S. The highest BCUT2D eigenvalue weighted by Gasteiger charge is 2.18. The van der Waals surface area contributed by atoms with E-state index in [1.165, 1.54) is 4.88 Å². The Morgan fingerprint density at radius 2 is 1.79 bits per heavy atom. The van der Waals surface area contributed by atoms with Crippen LogP contribution < -0.4 is 21.3 Å². The molecule has 1 aromatic heterocycles. The Morgan fingerprint density at radius 1 is 1.04 bits per heavy atom. The fourth-order valence-corrected chi connectivity index (χ4v) is 3.10. The summed E-state index contributed by atoms with van der Waals surface area (Å²) in [5, 5.41) is 12.7. The van der Waals surface area contributed by atoms with Crippen LogP contribution in [0.25, 0.3) is 0 Å². The number of hydrogen-bond acceptors (Lipinski definition) is 5. The molecule has 8 heteroatoms. The first kappa shape index (κ1) is 21.4. The van der Waals surface area contributed by atoms with Crippen molar-refractivity contribution in [1.29, 1.82) is 0 Å². The number of thiophene rings is 1. The number of anilines is 1. The van der Waals surface area contributed by atoms with Gasteiger partial charge in [-0.1, -0.05) is 18.2 Å². The van der Waals surface area contributed by atoms with Crippen molar-refractivity contribution >= 4 is 34.9 Å². The number of amides is 4. The van der Waals surface area contributed by atoms with Crippen molar-refractivity contribution in [2.75, 3.05) is 18.4 Å². The number of carbonyl (C=O) groups excluding carboxylic acids is 3. The van der Waals surface area contributed by atoms with E-state index in [2.05, 4.69) is 21.3 Å². The third-order valence-corrected chi connectivity index (χ3v) is 4.53. The van der Waals surface area contributed by atoms with Gasteiger partial charge in [0, 0.05) is 22.6 Å². The zero-order valence-corrected chi connectivity index (χ0v) is 17.1. The summed E-state index contributed by atoms with van der Waals surface area (Å²) in [5.41, 5.74) is 0.589. The molecule has 0 atom stereocenters. The molecule has 28 heavy (non-hydrogen) atoms. The zero-order chi connectivity index (χ0) is 20.6. The van der Waals surface area contributed by atoms with Crippen molar-refractivity contribution < 1.29 is 14.4 Å². The first-order chi connectivity index (χ1) is 13.2. The van der Waals surface area contributed by atoms with Gasteiger partial charge in [0.05, 0.1) is 12.1 Å². The van der Waals surface area contributed by atoms with E-state index in [0.29, 0.717) is 24.2 Å². The van der Waals surface area contributed by atoms with Gasteiger partial charge in [-0.15, -0.1) is 11.3 Å². The maximum Gasteiger partial charge on any atom is 0.321 e. The van der Waals surface area contributed by atoms with Crippen LogP contribution in [0.4, 0.5) is 10.5 Å². The van der Waals surface area contributed by atoms with E-state index in [-0.39, 0.29) is 18.0 Å². The Morgan fingerprint density at radius 3 is 2.46 bits per heavy atom. The highest BCUT2D eigenvalue weighted by molar-refractivity contribution is 7.09. The average molecular weight is 403 g/mol. The fourth-order valence-electron chi connectivity index (χ4n) is 2.39. The number of para-hydroxylation sites is 1. The number of rotatable bonds is 7. The third-order valence-electron chi connectivity index (χ3n) is 3.59. The second-order valence-electron chi connectivity index (χ2n) is 7.24. The zero-order valence-electron chi connectivity index (χ0n) is 16.3. The molecule has 4 N–H and O–H groups in total. The normalized spacial score (nSPS) is 10.8. The molecule has 0 saturated carbocycles. The van der Waals surface area contributed by atoms with Gasteiger partial charge >= 0.3 is 6.03 Å². The molecule has 0 aliphatic rings. The molecule has 1 heterocycles. The lowest BCUT2D eigenvalue weighted by molar-refractivity contribution is -0.118. The van der Waals surface area contributed by atoms with Crippen LogP contribution in [0.2, 0.25) is 0 Å². The van der Waals surface area contributed by atoms with Crippen molar-refractivity contribution in [3.05, 3.63) is 52.2 Å². The molecule has 0 spiro atoms. The number of urea groups is 1. The van der Waals surface area contributed by atoms with Crippen LogP contribution >= 0.6 is 11.3 Å². The minimum absolute atomic E-state index is 0.127. The van der Waals surface area contributed by atoms with E-state index in [1.807, 2.05) is 38.3 Å². The van der Waals surface area contributed by atoms with Crippen molar-refractivity contribution in [2.24, 2.45) is 0 Å². The minimum atomic E-state index is -0.540. The molecule has 4 amide bonds. The van der Waals surface area contributed by atoms with Crippen LogP contribution in [0.15, 0.2) is 41.8 Å². The summed E-state index contributed by atoms with van der Waals surface area (Å²) in [5.74, 6) is -0.720. The second kappa shape index (κ2) is 9.89. The van der Waals surface area contributed by atoms with Gasteiger partial charge in [-0.3, -0.25) is 14.9 Å². The molecule has 0 bridgehead atoms. The van der Waals surface area contributed by atoms with Crippen LogP contribution in [0.1, 0.15) is 36.0 Å². The molecule has 150 valence electrons. The van der Waals surface area contributed by atoms with Gasteiger partial charge in [0.25, 0.3) is 5.91 Å². The molecule has 0 unspecified atom stereocenters. The first-order valence-corrected chi connectivity index (χ1v) is 9.88. The molecule has 1 aromatic carbocycles. The van der Waals surface area contributed by atoms with Gasteiger partial charge in [0.15, 0.2) is 0 Å². The quantitative estimate of drug-likeness (QED) is 0.572. The van der Waals surface area contributed by atoms with Gasteiger partial charge in [-0.25, -0.2) is 4.79 Å². The molecular weight excluding hydrogens is 376 g/mol. The topological polar surface area (TPSA) is 99.3 Å². The molecule has 7 nitrogen and oxygen atoms in total. The van der Waals surface area contributed by atoms with Crippen molar-refractivity contribution in [3.8, 4) is 0 Å². The minimum Gasteiger partial charge on any atom is -0.375 e. The summed E-state index contributed by atoms with van der Waals surface area (Å²) in [6.07, 6.45) is 0.716. The van der Waals surface area contributed by atoms with Crippen LogP contribution in [0.5, 0.6) is 0 Å². The van der Waals surface area contributed by atoms with Gasteiger partial charge in [0.2, 0.25) is 5.91 Å². The Bertz CT molecular complexity index is 813. The van der Waals surface area contributed by atoms with Gasteiger partial charge in [-0.05, 0) is 50.8 Å². The van der Waals surface area contributed by atoms with Crippen molar-refractivity contribution in [3.63, 3.8) is 0 Å². The molecule has 0 saturated heterocycles. The summed E-state index contributed by atoms with van der Waals surface area (Å²) in [6, 6.07) is 10.3. The smallest absolute Gasteiger partial charge is 0.321 e. The van der Waals surface area contributed by atoms with Gasteiger partial charge in [-0.2, -0.15) is 0 Å². The molecule has 0 fully saturated rings. The van der Waals surface area contributed by atoms with E-state index in [4.69, 9.17) is 0 Å². The molecule has 2 aromatic rings. The highest BCUT2D eigenvalue weighted by atomic mass is 32.1. The summed E-state index contributed by atoms with van der Waals surface area (Å²) in [7, 11) is 0. The van der Waals surface area contributed by atoms with E-state index in [1.54, 1.807) is 35.6 Å². The van der Waals surface area contributed by atoms with Crippen LogP contribution in [-0.2, 0) is 11.2 Å². The van der Waals surface area contributed by atoms with Crippen molar-refractivity contribution in [1.82, 2.24) is 16.0 Å². The summed E-state index contributed by atoms with van der Waals surface area (Å²) in [4.78, 5) is 37.4. The number of carbonyl (C=O) groups is 3. The number of benzene rings is 1. The lowest BCUT2D eigenvalue weighted by atomic mass is 10.1. The summed E-state index contributed by atoms with van der Waals surface area (Å²) in [6.45, 7) is 6.00. The molecule has 0 aliphatic heterocycles. The lowest BCUT2D eigenvalue weighted by Gasteiger charge is -2.21. The van der Waals surface area contributed by atoms with Crippen molar-refractivity contribution in [2.45, 2.75) is 32.7 Å². The highest BCUT2D eigenvalue weighted by Crippen LogP contribution is 2.16. The van der Waals surface area contributed by atoms with E-state index in [0.717, 1.165) is 0 Å². The summed E-state index contributed by atoms with van der Waals surface area (Å²) < 4.78 is 0. The Kier molecular flexibility index (Phi) is 7.57. The van der Waals surface area contributed by atoms with E-state index in [9.17, 15) is 14.4 Å². The fraction of sp³-hybridized carbons (Fsp3) is 0.350. The monoisotopic (exact) mass is 402 g/mol. The molecule has 0 radical (unpaired) electrons. The van der Waals surface area contributed by atoms with E-state index >= 15 is 0 Å². The maximum absolute atomic E-state index is 12.4. The average Bonchev–Trinajstić information content (AvgIpc) is 3.12. The van der Waals surface area contributed by atoms with Crippen LogP contribution in [0.3, 0.4) is 0 Å². The van der Waals surface area contributed by atoms with Gasteiger partial charge in [0.1, 0.15) is 0 Å². The van der Waals surface area contributed by atoms with E-state index < -0.39 is 11.9 Å². The second-order valence-corrected chi connectivity index (χ2v) is 8.27. The van der Waals surface area contributed by atoms with Crippen LogP contribution in [-0.4, -0.2) is 36.5 Å². The SMILES string of the molecule is CC(C)(C)NC(=O)c1ccccc1NCC(=O)NC(=O)NCCc1cccs1. The Balaban J connectivity index is 1.80. The predicted octanol–water partition coefficient (Wildman–Crippen LogP) is 2.76. The third kappa shape index (κ3) is 7.40. The molecule has 2 rings (SSSR count).